The summed E-state index contributed by atoms with van der Waals surface area (Å²) in [6.07, 6.45) is 0. The molecule has 2 aromatic carbocycles. The Morgan fingerprint density at radius 3 is 2.65 bits per heavy atom. The summed E-state index contributed by atoms with van der Waals surface area (Å²) in [4.78, 5) is 2.13. The highest BCUT2D eigenvalue weighted by Crippen LogP contribution is 2.17. The normalized spacial score (nSPS) is 11.4. The molecule has 104 valence electrons. The highest BCUT2D eigenvalue weighted by molar-refractivity contribution is 5.97. The van der Waals surface area contributed by atoms with E-state index in [2.05, 4.69) is 41.2 Å². The Labute approximate surface area is 119 Å². The third kappa shape index (κ3) is 3.29. The first-order valence-electron chi connectivity index (χ1n) is 6.45. The van der Waals surface area contributed by atoms with E-state index in [0.717, 1.165) is 12.2 Å². The van der Waals surface area contributed by atoms with E-state index in [9.17, 15) is 0 Å². The van der Waals surface area contributed by atoms with Crippen LogP contribution in [0.4, 0.5) is 5.69 Å². The minimum Gasteiger partial charge on any atom is -0.409 e. The van der Waals surface area contributed by atoms with Crippen LogP contribution in [0.1, 0.15) is 16.7 Å². The van der Waals surface area contributed by atoms with E-state index in [1.807, 2.05) is 31.3 Å². The summed E-state index contributed by atoms with van der Waals surface area (Å²) in [7, 11) is 2.02. The molecule has 2 aromatic rings. The van der Waals surface area contributed by atoms with Crippen LogP contribution in [-0.2, 0) is 6.54 Å². The molecule has 0 radical (unpaired) electrons. The number of aryl methyl sites for hydroxylation is 1. The fraction of sp³-hybridized carbons (Fsp3) is 0.188. The van der Waals surface area contributed by atoms with Gasteiger partial charge in [0.2, 0.25) is 0 Å². The zero-order valence-corrected chi connectivity index (χ0v) is 11.7. The van der Waals surface area contributed by atoms with Gasteiger partial charge in [0.25, 0.3) is 0 Å². The Bertz CT molecular complexity index is 623. The number of amidine groups is 1. The van der Waals surface area contributed by atoms with Crippen molar-refractivity contribution in [3.8, 4) is 0 Å². The lowest BCUT2D eigenvalue weighted by Crippen LogP contribution is -2.18. The number of nitrogens with zero attached hydrogens (tertiary/aromatic N) is 2. The predicted octanol–water partition coefficient (Wildman–Crippen LogP) is 2.73. The number of benzene rings is 2. The molecule has 20 heavy (non-hydrogen) atoms. The molecule has 3 N–H and O–H groups in total. The van der Waals surface area contributed by atoms with Gasteiger partial charge in [-0.25, -0.2) is 0 Å². The molecule has 0 heterocycles. The Hall–Kier alpha value is -2.49. The van der Waals surface area contributed by atoms with E-state index in [0.29, 0.717) is 5.56 Å². The van der Waals surface area contributed by atoms with Crippen LogP contribution in [0.25, 0.3) is 0 Å². The standard InChI is InChI=1S/C16H19N3O/c1-12-5-3-6-13(9-12)11-19(2)15-8-4-7-14(10-15)16(17)18-20/h3-10,20H,11H2,1-2H3,(H2,17,18). The number of rotatable bonds is 4. The topological polar surface area (TPSA) is 61.8 Å². The molecule has 0 atom stereocenters. The summed E-state index contributed by atoms with van der Waals surface area (Å²) in [6.45, 7) is 2.89. The molecule has 0 aromatic heterocycles. The van der Waals surface area contributed by atoms with Gasteiger partial charge in [0.15, 0.2) is 5.84 Å². The molecule has 0 aliphatic heterocycles. The van der Waals surface area contributed by atoms with Crippen LogP contribution in [0.2, 0.25) is 0 Å². The molecule has 0 aliphatic carbocycles. The van der Waals surface area contributed by atoms with Crippen LogP contribution in [0.15, 0.2) is 53.7 Å². The molecule has 0 amide bonds. The first-order chi connectivity index (χ1) is 9.60. The maximum atomic E-state index is 8.73. The van der Waals surface area contributed by atoms with E-state index >= 15 is 0 Å². The van der Waals surface area contributed by atoms with Gasteiger partial charge in [0, 0.05) is 24.8 Å². The molecule has 0 saturated carbocycles. The maximum Gasteiger partial charge on any atom is 0.170 e. The van der Waals surface area contributed by atoms with E-state index in [-0.39, 0.29) is 5.84 Å². The lowest BCUT2D eigenvalue weighted by Gasteiger charge is -2.20. The summed E-state index contributed by atoms with van der Waals surface area (Å²) in [5, 5.41) is 11.8. The summed E-state index contributed by atoms with van der Waals surface area (Å²) in [5.41, 5.74) is 9.85. The highest BCUT2D eigenvalue weighted by atomic mass is 16.4. The first kappa shape index (κ1) is 13.9. The monoisotopic (exact) mass is 269 g/mol. The summed E-state index contributed by atoms with van der Waals surface area (Å²) < 4.78 is 0. The average molecular weight is 269 g/mol. The van der Waals surface area contributed by atoms with Gasteiger partial charge in [-0.1, -0.05) is 47.1 Å². The molecule has 0 aliphatic rings. The lowest BCUT2D eigenvalue weighted by atomic mass is 10.1. The SMILES string of the molecule is Cc1cccc(CN(C)c2cccc(C(N)=NO)c2)c1. The molecular formula is C16H19N3O. The second-order valence-electron chi connectivity index (χ2n) is 4.88. The highest BCUT2D eigenvalue weighted by Gasteiger charge is 2.05. The molecule has 4 nitrogen and oxygen atoms in total. The van der Waals surface area contributed by atoms with Crippen molar-refractivity contribution in [2.75, 3.05) is 11.9 Å². The number of anilines is 1. The van der Waals surface area contributed by atoms with Crippen LogP contribution in [0, 0.1) is 6.92 Å². The largest absolute Gasteiger partial charge is 0.409 e. The fourth-order valence-corrected chi connectivity index (χ4v) is 2.14. The maximum absolute atomic E-state index is 8.73. The molecule has 0 spiro atoms. The number of hydrogen-bond acceptors (Lipinski definition) is 3. The van der Waals surface area contributed by atoms with Crippen molar-refractivity contribution in [3.63, 3.8) is 0 Å². The third-order valence-electron chi connectivity index (χ3n) is 3.19. The second-order valence-corrected chi connectivity index (χ2v) is 4.88. The van der Waals surface area contributed by atoms with E-state index in [4.69, 9.17) is 10.9 Å². The van der Waals surface area contributed by atoms with Crippen LogP contribution in [0.5, 0.6) is 0 Å². The van der Waals surface area contributed by atoms with Gasteiger partial charge in [-0.05, 0) is 24.6 Å². The van der Waals surface area contributed by atoms with Gasteiger partial charge in [-0.15, -0.1) is 0 Å². The Morgan fingerprint density at radius 2 is 1.95 bits per heavy atom. The van der Waals surface area contributed by atoms with Crippen molar-refractivity contribution in [2.24, 2.45) is 10.9 Å². The number of oxime groups is 1. The van der Waals surface area contributed by atoms with Crippen molar-refractivity contribution in [2.45, 2.75) is 13.5 Å². The van der Waals surface area contributed by atoms with Crippen LogP contribution in [-0.4, -0.2) is 18.1 Å². The first-order valence-corrected chi connectivity index (χ1v) is 6.45. The van der Waals surface area contributed by atoms with Crippen LogP contribution in [0.3, 0.4) is 0 Å². The quantitative estimate of drug-likeness (QED) is 0.388. The molecule has 0 fully saturated rings. The van der Waals surface area contributed by atoms with Crippen molar-refractivity contribution in [1.82, 2.24) is 0 Å². The third-order valence-corrected chi connectivity index (χ3v) is 3.19. The van der Waals surface area contributed by atoms with Crippen molar-refractivity contribution < 1.29 is 5.21 Å². The zero-order chi connectivity index (χ0) is 14.5. The van der Waals surface area contributed by atoms with E-state index in [1.165, 1.54) is 11.1 Å². The Balaban J connectivity index is 2.19. The second kappa shape index (κ2) is 6.10. The van der Waals surface area contributed by atoms with Gasteiger partial charge in [0.1, 0.15) is 0 Å². The van der Waals surface area contributed by atoms with Gasteiger partial charge in [-0.2, -0.15) is 0 Å². The minimum absolute atomic E-state index is 0.121. The molecular weight excluding hydrogens is 250 g/mol. The van der Waals surface area contributed by atoms with Gasteiger partial charge in [0.05, 0.1) is 0 Å². The smallest absolute Gasteiger partial charge is 0.170 e. The van der Waals surface area contributed by atoms with Gasteiger partial charge in [-0.3, -0.25) is 0 Å². The summed E-state index contributed by atoms with van der Waals surface area (Å²) in [5.74, 6) is 0.121. The van der Waals surface area contributed by atoms with Crippen molar-refractivity contribution in [1.29, 1.82) is 0 Å². The van der Waals surface area contributed by atoms with Gasteiger partial charge < -0.3 is 15.8 Å². The van der Waals surface area contributed by atoms with Gasteiger partial charge >= 0.3 is 0 Å². The molecule has 2 rings (SSSR count). The summed E-state index contributed by atoms with van der Waals surface area (Å²) >= 11 is 0. The summed E-state index contributed by atoms with van der Waals surface area (Å²) in [6, 6.07) is 16.1. The van der Waals surface area contributed by atoms with Crippen LogP contribution < -0.4 is 10.6 Å². The minimum atomic E-state index is 0.121. The zero-order valence-electron chi connectivity index (χ0n) is 11.7. The van der Waals surface area contributed by atoms with E-state index in [1.54, 1.807) is 0 Å². The number of hydrogen-bond donors (Lipinski definition) is 2. The number of nitrogens with two attached hydrogens (primary N) is 1. The Morgan fingerprint density at radius 1 is 1.20 bits per heavy atom. The predicted molar refractivity (Wildman–Crippen MR) is 82.2 cm³/mol. The average Bonchev–Trinajstić information content (AvgIpc) is 2.46. The van der Waals surface area contributed by atoms with Crippen molar-refractivity contribution >= 4 is 11.5 Å². The molecule has 0 bridgehead atoms. The molecule has 0 saturated heterocycles. The molecule has 4 heteroatoms. The lowest BCUT2D eigenvalue weighted by molar-refractivity contribution is 0.318. The van der Waals surface area contributed by atoms with E-state index < -0.39 is 0 Å². The van der Waals surface area contributed by atoms with Crippen LogP contribution >= 0.6 is 0 Å². The van der Waals surface area contributed by atoms with Crippen molar-refractivity contribution in [3.05, 3.63) is 65.2 Å². The molecule has 0 unspecified atom stereocenters. The Kier molecular flexibility index (Phi) is 4.25. The fourth-order valence-electron chi connectivity index (χ4n) is 2.14.